The summed E-state index contributed by atoms with van der Waals surface area (Å²) in [5.74, 6) is 0. The molecule has 0 aromatic heterocycles. The zero-order valence-electron chi connectivity index (χ0n) is 3.90. The van der Waals surface area contributed by atoms with Crippen molar-refractivity contribution in [1.29, 1.82) is 0 Å². The second kappa shape index (κ2) is 3.20. The summed E-state index contributed by atoms with van der Waals surface area (Å²) in [6, 6.07) is -0.821. The van der Waals surface area contributed by atoms with Crippen LogP contribution in [0.3, 0.4) is 0 Å². The minimum absolute atomic E-state index is 0.268. The number of rotatable bonds is 3. The third-order valence-corrected chi connectivity index (χ3v) is 2.13. The van der Waals surface area contributed by atoms with Crippen molar-refractivity contribution in [3.8, 4) is 0 Å². The maximum absolute atomic E-state index is 11.2. The Bertz CT molecular complexity index is 81.8. The zero-order chi connectivity index (χ0) is 6.62. The molecule has 0 aliphatic carbocycles. The first-order chi connectivity index (χ1) is 3.56. The van der Waals surface area contributed by atoms with E-state index in [1.807, 2.05) is 0 Å². The Hall–Kier alpha value is 0.107. The van der Waals surface area contributed by atoms with Crippen LogP contribution in [0.1, 0.15) is 0 Å². The average Bonchev–Trinajstić information content (AvgIpc) is 1.59. The topological polar surface area (TPSA) is 17.1 Å². The molecule has 0 bridgehead atoms. The van der Waals surface area contributed by atoms with Crippen molar-refractivity contribution in [1.82, 2.24) is 0 Å². The fourth-order valence-electron chi connectivity index (χ4n) is 0.172. The van der Waals surface area contributed by atoms with Crippen molar-refractivity contribution >= 4 is 17.5 Å². The average molecular weight is 160 g/mol. The fraction of sp³-hybridized carbons (Fsp3) is 1.00. The molecule has 0 heterocycles. The molecule has 0 saturated carbocycles. The SMILES string of the molecule is O=PCC[Si](F)(F)F. The predicted octanol–water partition coefficient (Wildman–Crippen LogP) is 2.13. The van der Waals surface area contributed by atoms with Gasteiger partial charge < -0.3 is 0 Å². The first kappa shape index (κ1) is 8.11. The largest absolute Gasteiger partial charge is 0.616 e. The Morgan fingerprint density at radius 3 is 2.00 bits per heavy atom. The van der Waals surface area contributed by atoms with Gasteiger partial charge in [0.1, 0.15) is 0 Å². The highest BCUT2D eigenvalue weighted by molar-refractivity contribution is 7.23. The van der Waals surface area contributed by atoms with Gasteiger partial charge >= 0.3 is 9.08 Å². The van der Waals surface area contributed by atoms with E-state index in [1.54, 1.807) is 0 Å². The Balaban J connectivity index is 3.24. The molecule has 48 valence electrons. The van der Waals surface area contributed by atoms with E-state index < -0.39 is 23.6 Å². The summed E-state index contributed by atoms with van der Waals surface area (Å²) in [4.78, 5) is 0. The molecular formula is C2H4F3OPSi. The molecule has 0 atom stereocenters. The van der Waals surface area contributed by atoms with Crippen LogP contribution in [0.4, 0.5) is 12.3 Å². The van der Waals surface area contributed by atoms with Crippen LogP contribution < -0.4 is 0 Å². The summed E-state index contributed by atoms with van der Waals surface area (Å²) >= 11 is 0. The van der Waals surface area contributed by atoms with E-state index in [0.29, 0.717) is 0 Å². The van der Waals surface area contributed by atoms with E-state index in [9.17, 15) is 16.9 Å². The number of hydrogen-bond acceptors (Lipinski definition) is 1. The Labute approximate surface area is 47.6 Å². The molecule has 0 aromatic carbocycles. The van der Waals surface area contributed by atoms with Gasteiger partial charge in [-0.15, -0.1) is 0 Å². The smallest absolute Gasteiger partial charge is 0.275 e. The zero-order valence-corrected chi connectivity index (χ0v) is 5.80. The monoisotopic (exact) mass is 160 g/mol. The van der Waals surface area contributed by atoms with Crippen molar-refractivity contribution in [2.24, 2.45) is 0 Å². The second-order valence-corrected chi connectivity index (χ2v) is 3.65. The third-order valence-electron chi connectivity index (χ3n) is 0.487. The molecule has 8 heavy (non-hydrogen) atoms. The van der Waals surface area contributed by atoms with Crippen molar-refractivity contribution in [3.63, 3.8) is 0 Å². The van der Waals surface area contributed by atoms with Gasteiger partial charge in [-0.3, -0.25) is 4.57 Å². The van der Waals surface area contributed by atoms with Crippen LogP contribution in [0.25, 0.3) is 0 Å². The lowest BCUT2D eigenvalue weighted by Gasteiger charge is -1.94. The maximum Gasteiger partial charge on any atom is 0.616 e. The van der Waals surface area contributed by atoms with Gasteiger partial charge in [0.15, 0.2) is 8.46 Å². The van der Waals surface area contributed by atoms with Crippen LogP contribution >= 0.6 is 8.46 Å². The van der Waals surface area contributed by atoms with Crippen molar-refractivity contribution < 1.29 is 16.9 Å². The lowest BCUT2D eigenvalue weighted by atomic mass is 11.0. The first-order valence-electron chi connectivity index (χ1n) is 1.92. The second-order valence-electron chi connectivity index (χ2n) is 1.22. The molecule has 0 aromatic rings. The maximum atomic E-state index is 11.2. The van der Waals surface area contributed by atoms with Gasteiger partial charge in [0.25, 0.3) is 0 Å². The minimum Gasteiger partial charge on any atom is -0.275 e. The Morgan fingerprint density at radius 1 is 1.38 bits per heavy atom. The van der Waals surface area contributed by atoms with Gasteiger partial charge in [0.05, 0.1) is 0 Å². The van der Waals surface area contributed by atoms with Crippen LogP contribution in [0, 0.1) is 0 Å². The molecule has 0 spiro atoms. The van der Waals surface area contributed by atoms with Gasteiger partial charge in [0, 0.05) is 12.2 Å². The number of halogens is 3. The minimum atomic E-state index is -5.39. The van der Waals surface area contributed by atoms with Crippen molar-refractivity contribution in [3.05, 3.63) is 0 Å². The van der Waals surface area contributed by atoms with E-state index in [1.165, 1.54) is 0 Å². The van der Waals surface area contributed by atoms with E-state index in [-0.39, 0.29) is 6.16 Å². The normalized spacial score (nSPS) is 12.4. The molecule has 0 N–H and O–H groups in total. The fourth-order valence-corrected chi connectivity index (χ4v) is 1.55. The summed E-state index contributed by atoms with van der Waals surface area (Å²) in [5.41, 5.74) is 0. The van der Waals surface area contributed by atoms with E-state index in [4.69, 9.17) is 0 Å². The van der Waals surface area contributed by atoms with Crippen molar-refractivity contribution in [2.45, 2.75) is 6.04 Å². The van der Waals surface area contributed by atoms with Crippen LogP contribution in [0.2, 0.25) is 6.04 Å². The van der Waals surface area contributed by atoms with E-state index >= 15 is 0 Å². The first-order valence-corrected chi connectivity index (χ1v) is 4.76. The van der Waals surface area contributed by atoms with Crippen LogP contribution in [0.5, 0.6) is 0 Å². The summed E-state index contributed by atoms with van der Waals surface area (Å²) in [7, 11) is -5.79. The lowest BCUT2D eigenvalue weighted by molar-refractivity contribution is 0.472. The predicted molar refractivity (Wildman–Crippen MR) is 26.4 cm³/mol. The molecule has 6 heteroatoms. The molecule has 0 radical (unpaired) electrons. The Morgan fingerprint density at radius 2 is 1.88 bits per heavy atom. The standard InChI is InChI=1S/C2H4F3OPSi/c3-8(4,5)2-1-7-6/h1-2H2. The highest BCUT2D eigenvalue weighted by atomic mass is 31.1. The molecule has 0 rings (SSSR count). The quantitative estimate of drug-likeness (QED) is 0.351. The lowest BCUT2D eigenvalue weighted by Crippen LogP contribution is -2.14. The third kappa shape index (κ3) is 6.11. The van der Waals surface area contributed by atoms with Gasteiger partial charge in [-0.05, 0) is 0 Å². The molecule has 0 unspecified atom stereocenters. The summed E-state index contributed by atoms with van der Waals surface area (Å²) in [6.07, 6.45) is -0.268. The van der Waals surface area contributed by atoms with E-state index in [2.05, 4.69) is 0 Å². The molecule has 1 nitrogen and oxygen atoms in total. The Kier molecular flexibility index (Phi) is 3.24. The van der Waals surface area contributed by atoms with E-state index in [0.717, 1.165) is 0 Å². The highest BCUT2D eigenvalue weighted by Gasteiger charge is 2.35. The molecule has 0 aliphatic rings. The summed E-state index contributed by atoms with van der Waals surface area (Å²) in [5, 5.41) is 0. The summed E-state index contributed by atoms with van der Waals surface area (Å²) < 4.78 is 43.2. The molecule has 0 fully saturated rings. The van der Waals surface area contributed by atoms with Gasteiger partial charge in [-0.1, -0.05) is 0 Å². The molecule has 0 saturated heterocycles. The highest BCUT2D eigenvalue weighted by Crippen LogP contribution is 2.16. The van der Waals surface area contributed by atoms with Crippen LogP contribution in [0.15, 0.2) is 0 Å². The molecular weight excluding hydrogens is 156 g/mol. The molecule has 0 aliphatic heterocycles. The molecule has 0 amide bonds. The van der Waals surface area contributed by atoms with Gasteiger partial charge in [-0.25, -0.2) is 12.3 Å². The van der Waals surface area contributed by atoms with Gasteiger partial charge in [0.2, 0.25) is 0 Å². The van der Waals surface area contributed by atoms with Crippen LogP contribution in [-0.2, 0) is 4.57 Å². The van der Waals surface area contributed by atoms with Crippen LogP contribution in [-0.4, -0.2) is 15.2 Å². The van der Waals surface area contributed by atoms with Gasteiger partial charge in [-0.2, -0.15) is 0 Å². The van der Waals surface area contributed by atoms with Crippen molar-refractivity contribution in [2.75, 3.05) is 6.16 Å². The summed E-state index contributed by atoms with van der Waals surface area (Å²) in [6.45, 7) is 0. The number of hydrogen-bond donors (Lipinski definition) is 0.